The summed E-state index contributed by atoms with van der Waals surface area (Å²) in [5.41, 5.74) is 3.93. The first-order chi connectivity index (χ1) is 13.6. The first-order valence-electron chi connectivity index (χ1n) is 10.2. The van der Waals surface area contributed by atoms with Gasteiger partial charge in [0.2, 0.25) is 0 Å². The van der Waals surface area contributed by atoms with Crippen molar-refractivity contribution < 1.29 is 10.1 Å². The van der Waals surface area contributed by atoms with E-state index in [0.717, 1.165) is 22.5 Å². The first kappa shape index (κ1) is 20.9. The van der Waals surface area contributed by atoms with Crippen LogP contribution >= 0.6 is 0 Å². The Morgan fingerprint density at radius 2 is 1.31 bits per heavy atom. The van der Waals surface area contributed by atoms with Crippen molar-refractivity contribution in [3.05, 3.63) is 89.1 Å². The molecule has 29 heavy (non-hydrogen) atoms. The summed E-state index contributed by atoms with van der Waals surface area (Å²) < 4.78 is 0. The van der Waals surface area contributed by atoms with Gasteiger partial charge in [0.25, 0.3) is 5.82 Å². The molecule has 152 valence electrons. The normalized spacial score (nSPS) is 13.2. The summed E-state index contributed by atoms with van der Waals surface area (Å²) in [6, 6.07) is 20.7. The minimum Gasteiger partial charge on any atom is -0.507 e. The molecular weight excluding hydrogens is 356 g/mol. The highest BCUT2D eigenvalue weighted by atomic mass is 16.3. The fraction of sp³-hybridized carbons (Fsp3) is 0.346. The zero-order valence-electron chi connectivity index (χ0n) is 18.4. The van der Waals surface area contributed by atoms with Crippen LogP contribution in [-0.4, -0.2) is 5.11 Å². The zero-order valence-corrected chi connectivity index (χ0v) is 18.4. The van der Waals surface area contributed by atoms with Crippen LogP contribution in [0.1, 0.15) is 69.8 Å². The van der Waals surface area contributed by atoms with E-state index in [1.54, 1.807) is 0 Å². The lowest BCUT2D eigenvalue weighted by Crippen LogP contribution is -2.22. The number of benzene rings is 2. The lowest BCUT2D eigenvalue weighted by molar-refractivity contribution is -0.361. The Hall–Kier alpha value is -2.81. The number of pyridine rings is 1. The summed E-state index contributed by atoms with van der Waals surface area (Å²) >= 11 is 0. The van der Waals surface area contributed by atoms with Crippen molar-refractivity contribution in [2.75, 3.05) is 5.32 Å². The number of aromatic nitrogens is 1. The maximum atomic E-state index is 11.1. The van der Waals surface area contributed by atoms with Crippen molar-refractivity contribution in [3.63, 3.8) is 0 Å². The average molecular weight is 390 g/mol. The van der Waals surface area contributed by atoms with Crippen molar-refractivity contribution >= 4 is 5.82 Å². The van der Waals surface area contributed by atoms with Crippen LogP contribution in [0.25, 0.3) is 0 Å². The van der Waals surface area contributed by atoms with Crippen LogP contribution in [0.3, 0.4) is 0 Å². The van der Waals surface area contributed by atoms with Crippen LogP contribution in [0.5, 0.6) is 5.75 Å². The summed E-state index contributed by atoms with van der Waals surface area (Å²) in [7, 11) is 0. The number of aromatic amines is 1. The van der Waals surface area contributed by atoms with Crippen molar-refractivity contribution in [3.8, 4) is 5.75 Å². The highest BCUT2D eigenvalue weighted by Gasteiger charge is 2.30. The molecule has 0 unspecified atom stereocenters. The fourth-order valence-corrected chi connectivity index (χ4v) is 3.61. The third kappa shape index (κ3) is 4.79. The molecule has 0 aliphatic rings. The second-order valence-electron chi connectivity index (χ2n) is 9.73. The maximum Gasteiger partial charge on any atom is 0.272 e. The van der Waals surface area contributed by atoms with Gasteiger partial charge < -0.3 is 5.11 Å². The summed E-state index contributed by atoms with van der Waals surface area (Å²) in [6.07, 6.45) is 1.92. The number of rotatable bonds is 4. The van der Waals surface area contributed by atoms with Gasteiger partial charge in [-0.05, 0) is 40.2 Å². The number of anilines is 1. The van der Waals surface area contributed by atoms with Gasteiger partial charge in [0.05, 0.1) is 6.20 Å². The molecule has 1 aromatic heterocycles. The van der Waals surface area contributed by atoms with Gasteiger partial charge in [-0.2, -0.15) is 0 Å². The number of hydrogen-bond acceptors (Lipinski definition) is 2. The first-order valence-corrected chi connectivity index (χ1v) is 10.2. The predicted molar refractivity (Wildman–Crippen MR) is 120 cm³/mol. The number of phenols is 1. The molecule has 3 nitrogen and oxygen atoms in total. The Balaban J connectivity index is 2.21. The van der Waals surface area contributed by atoms with Gasteiger partial charge in [0.1, 0.15) is 11.8 Å². The van der Waals surface area contributed by atoms with E-state index < -0.39 is 0 Å². The van der Waals surface area contributed by atoms with Gasteiger partial charge in [-0.3, -0.25) is 5.32 Å². The molecular formula is C26H33N2O+. The van der Waals surface area contributed by atoms with Crippen LogP contribution in [0.2, 0.25) is 0 Å². The van der Waals surface area contributed by atoms with Gasteiger partial charge in [0.15, 0.2) is 0 Å². The number of nitrogens with one attached hydrogen (secondary N) is 2. The van der Waals surface area contributed by atoms with Gasteiger partial charge in [0, 0.05) is 17.2 Å². The molecule has 1 atom stereocenters. The lowest BCUT2D eigenvalue weighted by atomic mass is 9.77. The predicted octanol–water partition coefficient (Wildman–Crippen LogP) is 6.00. The highest BCUT2D eigenvalue weighted by molar-refractivity contribution is 5.53. The molecule has 0 radical (unpaired) electrons. The Morgan fingerprint density at radius 3 is 1.79 bits per heavy atom. The molecule has 3 aromatic rings. The molecule has 1 heterocycles. The van der Waals surface area contributed by atoms with Crippen LogP contribution in [-0.2, 0) is 10.8 Å². The number of phenolic OH excluding ortho intramolecular Hbond substituents is 1. The van der Waals surface area contributed by atoms with E-state index in [2.05, 4.69) is 88.2 Å². The molecule has 0 saturated carbocycles. The quantitative estimate of drug-likeness (QED) is 0.574. The van der Waals surface area contributed by atoms with E-state index in [1.807, 2.05) is 30.5 Å². The molecule has 0 amide bonds. The van der Waals surface area contributed by atoms with E-state index in [4.69, 9.17) is 0 Å². The number of aromatic hydroxyl groups is 1. The van der Waals surface area contributed by atoms with Gasteiger partial charge in [-0.1, -0.05) is 77.9 Å². The SMILES string of the molecule is CC(C)(C)c1cc([C@H](Nc2cccc[nH+]2)c2ccccc2)cc(C(C)(C)C)c1O. The Kier molecular flexibility index (Phi) is 5.70. The van der Waals surface area contributed by atoms with Gasteiger partial charge >= 0.3 is 0 Å². The molecule has 3 rings (SSSR count). The van der Waals surface area contributed by atoms with E-state index in [1.165, 1.54) is 5.56 Å². The molecule has 2 aromatic carbocycles. The molecule has 3 N–H and O–H groups in total. The van der Waals surface area contributed by atoms with Crippen molar-refractivity contribution in [2.45, 2.75) is 58.4 Å². The van der Waals surface area contributed by atoms with Crippen molar-refractivity contribution in [1.29, 1.82) is 0 Å². The Morgan fingerprint density at radius 1 is 0.759 bits per heavy atom. The summed E-state index contributed by atoms with van der Waals surface area (Å²) in [6.45, 7) is 12.9. The Bertz CT molecular complexity index is 916. The Labute approximate surface area is 174 Å². The molecule has 0 spiro atoms. The number of H-pyrrole nitrogens is 1. The summed E-state index contributed by atoms with van der Waals surface area (Å²) in [4.78, 5) is 3.28. The largest absolute Gasteiger partial charge is 0.507 e. The van der Waals surface area contributed by atoms with Crippen LogP contribution in [0, 0.1) is 0 Å². The summed E-state index contributed by atoms with van der Waals surface area (Å²) in [5, 5.41) is 14.8. The molecule has 0 bridgehead atoms. The van der Waals surface area contributed by atoms with E-state index >= 15 is 0 Å². The topological polar surface area (TPSA) is 46.4 Å². The second kappa shape index (κ2) is 7.90. The minimum absolute atomic E-state index is 0.0438. The smallest absolute Gasteiger partial charge is 0.272 e. The lowest BCUT2D eigenvalue weighted by Gasteiger charge is -2.29. The monoisotopic (exact) mass is 389 g/mol. The molecule has 0 aliphatic carbocycles. The zero-order chi connectivity index (χ0) is 21.2. The molecule has 0 aliphatic heterocycles. The van der Waals surface area contributed by atoms with Crippen LogP contribution < -0.4 is 10.3 Å². The highest BCUT2D eigenvalue weighted by Crippen LogP contribution is 2.42. The van der Waals surface area contributed by atoms with Crippen LogP contribution in [0.15, 0.2) is 66.9 Å². The minimum atomic E-state index is -0.166. The standard InChI is InChI=1S/C26H32N2O/c1-25(2,3)20-16-19(17-21(24(20)29)26(4,5)6)23(18-12-8-7-9-13-18)28-22-14-10-11-15-27-22/h7-17,23,29H,1-6H3,(H,27,28)/p+1/t23-/m1/s1. The molecule has 0 fully saturated rings. The van der Waals surface area contributed by atoms with Crippen molar-refractivity contribution in [1.82, 2.24) is 0 Å². The molecule has 3 heteroatoms. The van der Waals surface area contributed by atoms with E-state index in [0.29, 0.717) is 5.75 Å². The fourth-order valence-electron chi connectivity index (χ4n) is 3.61. The third-order valence-electron chi connectivity index (χ3n) is 5.22. The third-order valence-corrected chi connectivity index (χ3v) is 5.22. The maximum absolute atomic E-state index is 11.1. The van der Waals surface area contributed by atoms with Crippen LogP contribution in [0.4, 0.5) is 5.82 Å². The number of hydrogen-bond donors (Lipinski definition) is 2. The van der Waals surface area contributed by atoms with Gasteiger partial charge in [-0.15, -0.1) is 0 Å². The average Bonchev–Trinajstić information content (AvgIpc) is 2.66. The van der Waals surface area contributed by atoms with E-state index in [-0.39, 0.29) is 16.9 Å². The van der Waals surface area contributed by atoms with Crippen molar-refractivity contribution in [2.24, 2.45) is 0 Å². The summed E-state index contributed by atoms with van der Waals surface area (Å²) in [5.74, 6) is 1.36. The second-order valence-corrected chi connectivity index (χ2v) is 9.73. The molecule has 0 saturated heterocycles. The van der Waals surface area contributed by atoms with Gasteiger partial charge in [-0.25, -0.2) is 4.98 Å². The van der Waals surface area contributed by atoms with E-state index in [9.17, 15) is 5.11 Å².